The van der Waals surface area contributed by atoms with Crippen molar-refractivity contribution in [3.63, 3.8) is 0 Å². The van der Waals surface area contributed by atoms with Gasteiger partial charge < -0.3 is 14.6 Å². The van der Waals surface area contributed by atoms with Gasteiger partial charge in [0.25, 0.3) is 5.79 Å². The van der Waals surface area contributed by atoms with Gasteiger partial charge in [0, 0.05) is 17.6 Å². The molecule has 0 saturated carbocycles. The molecule has 0 radical (unpaired) electrons. The topological polar surface area (TPSA) is 98.6 Å². The second kappa shape index (κ2) is 9.05. The number of cyclic esters (lactones) is 1. The largest absolute Gasteiger partial charge is 0.462 e. The molecule has 1 aliphatic rings. The predicted molar refractivity (Wildman–Crippen MR) is 132 cm³/mol. The van der Waals surface area contributed by atoms with Gasteiger partial charge in [-0.1, -0.05) is 48.0 Å². The third-order valence-corrected chi connectivity index (χ3v) is 6.54. The van der Waals surface area contributed by atoms with E-state index in [1.54, 1.807) is 61.5 Å². The molecule has 0 spiro atoms. The minimum atomic E-state index is -1.94. The van der Waals surface area contributed by atoms with Crippen molar-refractivity contribution in [2.24, 2.45) is 0 Å². The van der Waals surface area contributed by atoms with Gasteiger partial charge >= 0.3 is 11.9 Å². The monoisotopic (exact) mass is 486 g/mol. The van der Waals surface area contributed by atoms with Gasteiger partial charge in [0.15, 0.2) is 0 Å². The van der Waals surface area contributed by atoms with Crippen LogP contribution in [0.2, 0.25) is 0 Å². The molecule has 0 bridgehead atoms. The molecule has 5 rings (SSSR count). The SMILES string of the molecule is CCOC(=O)c1ccc(CC2=C(c3ccc4nsnc4c3)C(=O)OC2(O)c2ccc(C)cc2)cc1. The summed E-state index contributed by atoms with van der Waals surface area (Å²) in [5.74, 6) is -2.96. The number of carbonyl (C=O) groups excluding carboxylic acids is 2. The molecule has 1 N–H and O–H groups in total. The molecular weight excluding hydrogens is 464 g/mol. The van der Waals surface area contributed by atoms with Crippen LogP contribution in [-0.2, 0) is 26.5 Å². The summed E-state index contributed by atoms with van der Waals surface area (Å²) in [4.78, 5) is 25.2. The molecular formula is C27H22N2O5S. The highest BCUT2D eigenvalue weighted by atomic mass is 32.1. The maximum atomic E-state index is 13.2. The minimum Gasteiger partial charge on any atom is -0.462 e. The van der Waals surface area contributed by atoms with E-state index < -0.39 is 17.7 Å². The second-order valence-electron chi connectivity index (χ2n) is 8.32. The number of nitrogens with zero attached hydrogens (tertiary/aromatic N) is 2. The van der Waals surface area contributed by atoms with E-state index in [9.17, 15) is 14.7 Å². The number of benzene rings is 3. The highest BCUT2D eigenvalue weighted by Crippen LogP contribution is 2.45. The lowest BCUT2D eigenvalue weighted by molar-refractivity contribution is -0.185. The molecule has 2 heterocycles. The molecule has 0 fully saturated rings. The summed E-state index contributed by atoms with van der Waals surface area (Å²) in [5.41, 5.74) is 5.40. The number of aromatic nitrogens is 2. The summed E-state index contributed by atoms with van der Waals surface area (Å²) in [6, 6.07) is 19.5. The van der Waals surface area contributed by atoms with Gasteiger partial charge in [-0.3, -0.25) is 0 Å². The van der Waals surface area contributed by atoms with Crippen LogP contribution in [0.4, 0.5) is 0 Å². The number of esters is 2. The van der Waals surface area contributed by atoms with Crippen LogP contribution in [0.5, 0.6) is 0 Å². The lowest BCUT2D eigenvalue weighted by atomic mass is 9.87. The van der Waals surface area contributed by atoms with Crippen LogP contribution in [-0.4, -0.2) is 32.4 Å². The molecule has 1 aliphatic heterocycles. The Morgan fingerprint density at radius 3 is 2.46 bits per heavy atom. The number of carbonyl (C=O) groups is 2. The number of fused-ring (bicyclic) bond motifs is 1. The summed E-state index contributed by atoms with van der Waals surface area (Å²) in [7, 11) is 0. The maximum Gasteiger partial charge on any atom is 0.342 e. The van der Waals surface area contributed by atoms with Crippen LogP contribution >= 0.6 is 11.7 Å². The number of ether oxygens (including phenoxy) is 2. The third kappa shape index (κ3) is 4.22. The second-order valence-corrected chi connectivity index (χ2v) is 8.84. The van der Waals surface area contributed by atoms with Gasteiger partial charge in [-0.15, -0.1) is 0 Å². The first-order chi connectivity index (χ1) is 16.9. The standard InChI is InChI=1S/C27H22N2O5S/c1-3-33-25(30)18-8-6-17(7-9-18)14-21-24(19-10-13-22-23(15-19)29-35-28-22)26(31)34-27(21,32)20-11-4-16(2)5-12-20/h4-13,15,32H,3,14H2,1-2H3. The van der Waals surface area contributed by atoms with Crippen LogP contribution in [0.1, 0.15) is 39.5 Å². The number of hydrogen-bond acceptors (Lipinski definition) is 8. The normalized spacial score (nSPS) is 17.6. The highest BCUT2D eigenvalue weighted by molar-refractivity contribution is 7.00. The molecule has 1 atom stereocenters. The molecule has 4 aromatic rings. The van der Waals surface area contributed by atoms with Crippen molar-refractivity contribution < 1.29 is 24.2 Å². The van der Waals surface area contributed by atoms with Gasteiger partial charge in [0.2, 0.25) is 0 Å². The smallest absolute Gasteiger partial charge is 0.342 e. The molecule has 3 aromatic carbocycles. The average molecular weight is 487 g/mol. The first kappa shape index (κ1) is 22.9. The Hall–Kier alpha value is -3.88. The molecule has 1 aromatic heterocycles. The van der Waals surface area contributed by atoms with E-state index in [4.69, 9.17) is 9.47 Å². The van der Waals surface area contributed by atoms with Crippen molar-refractivity contribution >= 4 is 40.3 Å². The summed E-state index contributed by atoms with van der Waals surface area (Å²) in [6.07, 6.45) is 0.224. The summed E-state index contributed by atoms with van der Waals surface area (Å²) in [6.45, 7) is 3.99. The minimum absolute atomic E-state index is 0.224. The predicted octanol–water partition coefficient (Wildman–Crippen LogP) is 4.57. The summed E-state index contributed by atoms with van der Waals surface area (Å²) in [5, 5.41) is 11.8. The van der Waals surface area contributed by atoms with Gasteiger partial charge in [0.1, 0.15) is 11.0 Å². The van der Waals surface area contributed by atoms with E-state index >= 15 is 0 Å². The third-order valence-electron chi connectivity index (χ3n) is 5.99. The lowest BCUT2D eigenvalue weighted by Gasteiger charge is -2.26. The molecule has 176 valence electrons. The van der Waals surface area contributed by atoms with E-state index in [1.807, 2.05) is 19.1 Å². The van der Waals surface area contributed by atoms with Crippen molar-refractivity contribution in [3.8, 4) is 0 Å². The van der Waals surface area contributed by atoms with Crippen molar-refractivity contribution in [2.75, 3.05) is 6.61 Å². The van der Waals surface area contributed by atoms with E-state index in [-0.39, 0.29) is 12.0 Å². The molecule has 7 nitrogen and oxygen atoms in total. The first-order valence-corrected chi connectivity index (χ1v) is 11.9. The molecule has 35 heavy (non-hydrogen) atoms. The Morgan fingerprint density at radius 1 is 1.03 bits per heavy atom. The van der Waals surface area contributed by atoms with Gasteiger partial charge in [0.05, 0.1) is 29.5 Å². The van der Waals surface area contributed by atoms with Crippen LogP contribution in [0, 0.1) is 6.92 Å². The fraction of sp³-hybridized carbons (Fsp3) is 0.185. The number of rotatable bonds is 6. The van der Waals surface area contributed by atoms with Crippen LogP contribution in [0.15, 0.2) is 72.3 Å². The van der Waals surface area contributed by atoms with E-state index in [0.29, 0.717) is 34.4 Å². The number of hydrogen-bond donors (Lipinski definition) is 1. The quantitative estimate of drug-likeness (QED) is 0.399. The van der Waals surface area contributed by atoms with E-state index in [2.05, 4.69) is 8.75 Å². The zero-order valence-corrected chi connectivity index (χ0v) is 20.0. The number of aryl methyl sites for hydroxylation is 1. The van der Waals surface area contributed by atoms with Crippen molar-refractivity contribution in [1.82, 2.24) is 8.75 Å². The Labute approximate surface area is 206 Å². The number of aliphatic hydroxyl groups is 1. The van der Waals surface area contributed by atoms with Crippen molar-refractivity contribution in [3.05, 3.63) is 100 Å². The van der Waals surface area contributed by atoms with Crippen LogP contribution < -0.4 is 0 Å². The maximum absolute atomic E-state index is 13.2. The van der Waals surface area contributed by atoms with Gasteiger partial charge in [-0.2, -0.15) is 8.75 Å². The van der Waals surface area contributed by atoms with Gasteiger partial charge in [-0.25, -0.2) is 9.59 Å². The molecule has 1 unspecified atom stereocenters. The van der Waals surface area contributed by atoms with Crippen LogP contribution in [0.25, 0.3) is 16.6 Å². The van der Waals surface area contributed by atoms with Crippen molar-refractivity contribution in [2.45, 2.75) is 26.1 Å². The zero-order chi connectivity index (χ0) is 24.6. The average Bonchev–Trinajstić information content (AvgIpc) is 3.42. The fourth-order valence-electron chi connectivity index (χ4n) is 4.17. The van der Waals surface area contributed by atoms with Crippen LogP contribution in [0.3, 0.4) is 0 Å². The molecule has 0 saturated heterocycles. The molecule has 8 heteroatoms. The Morgan fingerprint density at radius 2 is 1.74 bits per heavy atom. The molecule has 0 aliphatic carbocycles. The first-order valence-electron chi connectivity index (χ1n) is 11.1. The molecule has 0 amide bonds. The van der Waals surface area contributed by atoms with E-state index in [1.165, 1.54) is 0 Å². The van der Waals surface area contributed by atoms with Crippen molar-refractivity contribution in [1.29, 1.82) is 0 Å². The Balaban J connectivity index is 1.62. The summed E-state index contributed by atoms with van der Waals surface area (Å²) >= 11 is 1.09. The fourth-order valence-corrected chi connectivity index (χ4v) is 4.68. The van der Waals surface area contributed by atoms with E-state index in [0.717, 1.165) is 28.4 Å². The Kier molecular flexibility index (Phi) is 5.92. The summed E-state index contributed by atoms with van der Waals surface area (Å²) < 4.78 is 19.2. The lowest BCUT2D eigenvalue weighted by Crippen LogP contribution is -2.29. The zero-order valence-electron chi connectivity index (χ0n) is 19.1. The van der Waals surface area contributed by atoms with Gasteiger partial charge in [-0.05, 0) is 49.2 Å². The Bertz CT molecular complexity index is 1460. The highest BCUT2D eigenvalue weighted by Gasteiger charge is 2.48.